The third-order valence-corrected chi connectivity index (χ3v) is 4.63. The Morgan fingerprint density at radius 3 is 2.69 bits per heavy atom. The summed E-state index contributed by atoms with van der Waals surface area (Å²) < 4.78 is 23.6. The first-order valence-corrected chi connectivity index (χ1v) is 5.86. The quantitative estimate of drug-likeness (QED) is 0.752. The lowest BCUT2D eigenvalue weighted by atomic mass is 10.4. The fraction of sp³-hybridized carbons (Fsp3) is 0.333. The summed E-state index contributed by atoms with van der Waals surface area (Å²) in [7, 11) is 1.56. The van der Waals surface area contributed by atoms with Gasteiger partial charge in [-0.3, -0.25) is 4.22 Å². The van der Waals surface area contributed by atoms with Crippen molar-refractivity contribution in [3.8, 4) is 5.75 Å². The highest BCUT2D eigenvalue weighted by Crippen LogP contribution is 2.30. The summed E-state index contributed by atoms with van der Waals surface area (Å²) in [6, 6.07) is 1.32. The molecule has 1 rings (SSSR count). The average Bonchev–Trinajstić information content (AvgIpc) is 2.50. The zero-order chi connectivity index (χ0) is 10.1. The number of rotatable bonds is 3. The highest BCUT2D eigenvalue weighted by molar-refractivity contribution is 7.92. The first-order chi connectivity index (χ1) is 6.00. The van der Waals surface area contributed by atoms with Crippen LogP contribution in [0, 0.1) is 0 Å². The second-order valence-corrected chi connectivity index (χ2v) is 5.30. The van der Waals surface area contributed by atoms with Gasteiger partial charge in [-0.15, -0.1) is 11.3 Å². The van der Waals surface area contributed by atoms with Gasteiger partial charge in [-0.1, -0.05) is 6.92 Å². The molecule has 0 aliphatic heterocycles. The number of nitrogens with zero attached hydrogens (tertiary/aromatic N) is 1. The van der Waals surface area contributed by atoms with Gasteiger partial charge in [0.2, 0.25) is 18.0 Å². The normalized spacial score (nSPS) is 12.2. The standard InChI is InChI=1S/C6H8BNO3S2/c1-2-8(7)13(10,11)6-5(9)3-4-12-6/h3-4,9H,2H2,1H3. The third-order valence-electron chi connectivity index (χ3n) is 1.46. The van der Waals surface area contributed by atoms with E-state index in [9.17, 15) is 13.5 Å². The fourth-order valence-corrected chi connectivity index (χ4v) is 3.09. The van der Waals surface area contributed by atoms with Gasteiger partial charge in [0.15, 0.2) is 4.21 Å². The molecule has 0 saturated heterocycles. The zero-order valence-electron chi connectivity index (χ0n) is 6.97. The largest absolute Gasteiger partial charge is 0.506 e. The number of sulfonamides is 1. The highest BCUT2D eigenvalue weighted by atomic mass is 32.2. The molecule has 1 aromatic rings. The second-order valence-electron chi connectivity index (χ2n) is 2.30. The molecular formula is C6H8BNO3S2. The number of aromatic hydroxyl groups is 1. The molecule has 0 unspecified atom stereocenters. The van der Waals surface area contributed by atoms with Crippen LogP contribution in [0.15, 0.2) is 15.7 Å². The van der Waals surface area contributed by atoms with E-state index in [1.807, 2.05) is 0 Å². The summed E-state index contributed by atoms with van der Waals surface area (Å²) in [6.07, 6.45) is 0. The minimum Gasteiger partial charge on any atom is -0.506 e. The van der Waals surface area contributed by atoms with Gasteiger partial charge in [-0.2, -0.15) is 0 Å². The topological polar surface area (TPSA) is 57.6 Å². The maximum Gasteiger partial charge on any atom is 0.245 e. The molecule has 0 aromatic carbocycles. The Kier molecular flexibility index (Phi) is 3.00. The maximum absolute atomic E-state index is 11.5. The van der Waals surface area contributed by atoms with Crippen LogP contribution in [-0.4, -0.2) is 32.3 Å². The van der Waals surface area contributed by atoms with Crippen molar-refractivity contribution in [3.63, 3.8) is 0 Å². The van der Waals surface area contributed by atoms with E-state index in [0.717, 1.165) is 11.3 Å². The van der Waals surface area contributed by atoms with Crippen molar-refractivity contribution < 1.29 is 13.5 Å². The Morgan fingerprint density at radius 2 is 2.31 bits per heavy atom. The minimum absolute atomic E-state index is 0.114. The Labute approximate surface area is 82.3 Å². The van der Waals surface area contributed by atoms with Crippen molar-refractivity contribution in [2.24, 2.45) is 0 Å². The molecule has 13 heavy (non-hydrogen) atoms. The summed E-state index contributed by atoms with van der Waals surface area (Å²) >= 11 is 0.941. The van der Waals surface area contributed by atoms with Crippen molar-refractivity contribution in [3.05, 3.63) is 11.4 Å². The molecule has 1 N–H and O–H groups in total. The molecule has 0 fully saturated rings. The summed E-state index contributed by atoms with van der Waals surface area (Å²) in [5.74, 6) is -0.256. The SMILES string of the molecule is [B]N(CC)S(=O)(=O)c1sccc1O. The van der Waals surface area contributed by atoms with Crippen LogP contribution in [0.3, 0.4) is 0 Å². The van der Waals surface area contributed by atoms with Crippen LogP contribution in [0.25, 0.3) is 0 Å². The Hall–Kier alpha value is -0.525. The van der Waals surface area contributed by atoms with Crippen LogP contribution in [-0.2, 0) is 10.0 Å². The number of hydrogen-bond acceptors (Lipinski definition) is 4. The molecule has 1 aromatic heterocycles. The lowest BCUT2D eigenvalue weighted by Gasteiger charge is -2.13. The van der Waals surface area contributed by atoms with Gasteiger partial charge >= 0.3 is 0 Å². The van der Waals surface area contributed by atoms with Crippen molar-refractivity contribution in [1.82, 2.24) is 4.22 Å². The van der Waals surface area contributed by atoms with E-state index in [0.29, 0.717) is 4.22 Å². The first kappa shape index (κ1) is 10.6. The molecule has 0 aliphatic rings. The van der Waals surface area contributed by atoms with Gasteiger partial charge in [-0.25, -0.2) is 8.42 Å². The molecule has 1 heterocycles. The monoisotopic (exact) mass is 217 g/mol. The van der Waals surface area contributed by atoms with Gasteiger partial charge in [0.25, 0.3) is 0 Å². The summed E-state index contributed by atoms with van der Waals surface area (Å²) in [5, 5.41) is 10.7. The third kappa shape index (κ3) is 1.87. The number of hydrogen-bond donors (Lipinski definition) is 1. The van der Waals surface area contributed by atoms with E-state index in [1.54, 1.807) is 6.92 Å². The predicted molar refractivity (Wildman–Crippen MR) is 51.3 cm³/mol. The van der Waals surface area contributed by atoms with Crippen LogP contribution in [0.4, 0.5) is 0 Å². The molecule has 7 heteroatoms. The van der Waals surface area contributed by atoms with Crippen LogP contribution in [0.2, 0.25) is 0 Å². The molecule has 0 amide bonds. The predicted octanol–water partition coefficient (Wildman–Crippen LogP) is 0.548. The smallest absolute Gasteiger partial charge is 0.245 e. The van der Waals surface area contributed by atoms with Crippen molar-refractivity contribution >= 4 is 29.3 Å². The van der Waals surface area contributed by atoms with Crippen molar-refractivity contribution in [1.29, 1.82) is 0 Å². The molecule has 0 spiro atoms. The lowest BCUT2D eigenvalue weighted by molar-refractivity contribution is 0.461. The van der Waals surface area contributed by atoms with Gasteiger partial charge in [0.05, 0.1) is 0 Å². The van der Waals surface area contributed by atoms with E-state index in [-0.39, 0.29) is 16.5 Å². The van der Waals surface area contributed by atoms with Gasteiger partial charge in [0.1, 0.15) is 5.75 Å². The molecular weight excluding hydrogens is 209 g/mol. The molecule has 0 bridgehead atoms. The van der Waals surface area contributed by atoms with E-state index in [2.05, 4.69) is 0 Å². The van der Waals surface area contributed by atoms with Gasteiger partial charge in [0, 0.05) is 0 Å². The van der Waals surface area contributed by atoms with E-state index in [1.165, 1.54) is 11.4 Å². The number of thiophene rings is 1. The molecule has 70 valence electrons. The summed E-state index contributed by atoms with van der Waals surface area (Å²) in [6.45, 7) is 1.78. The highest BCUT2D eigenvalue weighted by Gasteiger charge is 2.23. The molecule has 2 radical (unpaired) electrons. The van der Waals surface area contributed by atoms with Crippen LogP contribution >= 0.6 is 11.3 Å². The van der Waals surface area contributed by atoms with E-state index < -0.39 is 10.0 Å². The maximum atomic E-state index is 11.5. The molecule has 4 nitrogen and oxygen atoms in total. The van der Waals surface area contributed by atoms with Crippen molar-refractivity contribution in [2.45, 2.75) is 11.1 Å². The van der Waals surface area contributed by atoms with Crippen LogP contribution < -0.4 is 0 Å². The van der Waals surface area contributed by atoms with Gasteiger partial charge in [-0.05, 0) is 18.0 Å². The second kappa shape index (κ2) is 3.69. The zero-order valence-corrected chi connectivity index (χ0v) is 8.60. The van der Waals surface area contributed by atoms with Gasteiger partial charge < -0.3 is 5.11 Å². The Balaban J connectivity index is 3.16. The lowest BCUT2D eigenvalue weighted by Crippen LogP contribution is -2.27. The Morgan fingerprint density at radius 1 is 1.69 bits per heavy atom. The summed E-state index contributed by atoms with van der Waals surface area (Å²) in [4.78, 5) is 0. The Bertz CT molecular complexity index is 386. The fourth-order valence-electron chi connectivity index (χ4n) is 0.758. The molecule has 0 aliphatic carbocycles. The van der Waals surface area contributed by atoms with Crippen molar-refractivity contribution in [2.75, 3.05) is 6.54 Å². The van der Waals surface area contributed by atoms with Crippen LogP contribution in [0.1, 0.15) is 6.92 Å². The van der Waals surface area contributed by atoms with E-state index >= 15 is 0 Å². The minimum atomic E-state index is -3.70. The van der Waals surface area contributed by atoms with E-state index in [4.69, 9.17) is 7.98 Å². The summed E-state index contributed by atoms with van der Waals surface area (Å²) in [5.41, 5.74) is 0. The first-order valence-electron chi connectivity index (χ1n) is 3.54. The van der Waals surface area contributed by atoms with Crippen LogP contribution in [0.5, 0.6) is 5.75 Å². The molecule has 0 saturated carbocycles. The molecule has 0 atom stereocenters. The average molecular weight is 217 g/mol.